The predicted molar refractivity (Wildman–Crippen MR) is 72.4 cm³/mol. The Morgan fingerprint density at radius 3 is 2.94 bits per heavy atom. The predicted octanol–water partition coefficient (Wildman–Crippen LogP) is 1.82. The van der Waals surface area contributed by atoms with Crippen molar-refractivity contribution in [2.45, 2.75) is 38.4 Å². The molecule has 0 spiro atoms. The molecule has 1 aliphatic heterocycles. The lowest BCUT2D eigenvalue weighted by atomic mass is 10.1. The molecule has 1 saturated heterocycles. The van der Waals surface area contributed by atoms with Crippen LogP contribution in [0.5, 0.6) is 0 Å². The highest BCUT2D eigenvalue weighted by Gasteiger charge is 2.35. The lowest BCUT2D eigenvalue weighted by molar-refractivity contribution is 0.195. The molecule has 4 nitrogen and oxygen atoms in total. The van der Waals surface area contributed by atoms with Crippen molar-refractivity contribution in [2.75, 3.05) is 6.54 Å². The van der Waals surface area contributed by atoms with Crippen molar-refractivity contribution in [2.24, 2.45) is 5.73 Å². The molecule has 2 atom stereocenters. The van der Waals surface area contributed by atoms with Crippen LogP contribution >= 0.6 is 0 Å². The first kappa shape index (κ1) is 11.7. The standard InChI is InChI=1S/C14H20N4/c1-10(2)18-8-6-11(15)14(18)12-9-17-7-4-3-5-13(17)16-12/h3-5,7,9-11,14H,6,8,15H2,1-2H3. The Balaban J connectivity index is 2.01. The topological polar surface area (TPSA) is 46.6 Å². The van der Waals surface area contributed by atoms with Crippen molar-refractivity contribution in [3.05, 3.63) is 36.3 Å². The number of pyridine rings is 1. The van der Waals surface area contributed by atoms with Crippen LogP contribution in [0.15, 0.2) is 30.6 Å². The molecule has 18 heavy (non-hydrogen) atoms. The van der Waals surface area contributed by atoms with E-state index < -0.39 is 0 Å². The highest BCUT2D eigenvalue weighted by atomic mass is 15.2. The molecule has 2 N–H and O–H groups in total. The lowest BCUT2D eigenvalue weighted by Crippen LogP contribution is -2.36. The van der Waals surface area contributed by atoms with Gasteiger partial charge in [0.1, 0.15) is 5.65 Å². The maximum Gasteiger partial charge on any atom is 0.137 e. The molecule has 0 aromatic carbocycles. The van der Waals surface area contributed by atoms with Crippen molar-refractivity contribution >= 4 is 5.65 Å². The van der Waals surface area contributed by atoms with Crippen molar-refractivity contribution < 1.29 is 0 Å². The van der Waals surface area contributed by atoms with Crippen LogP contribution in [0.4, 0.5) is 0 Å². The average molecular weight is 244 g/mol. The second-order valence-corrected chi connectivity index (χ2v) is 5.36. The SMILES string of the molecule is CC(C)N1CCC(N)C1c1cn2ccccc2n1. The molecule has 2 unspecified atom stereocenters. The van der Waals surface area contributed by atoms with Crippen molar-refractivity contribution in [1.82, 2.24) is 14.3 Å². The molecule has 0 saturated carbocycles. The maximum atomic E-state index is 6.27. The molecule has 3 rings (SSSR count). The number of aromatic nitrogens is 2. The smallest absolute Gasteiger partial charge is 0.137 e. The van der Waals surface area contributed by atoms with E-state index in [0.717, 1.165) is 24.3 Å². The van der Waals surface area contributed by atoms with Gasteiger partial charge in [0.15, 0.2) is 0 Å². The summed E-state index contributed by atoms with van der Waals surface area (Å²) in [6.07, 6.45) is 5.20. The molecular weight excluding hydrogens is 224 g/mol. The fraction of sp³-hybridized carbons (Fsp3) is 0.500. The van der Waals surface area contributed by atoms with Gasteiger partial charge in [-0.2, -0.15) is 0 Å². The van der Waals surface area contributed by atoms with E-state index in [1.165, 1.54) is 0 Å². The summed E-state index contributed by atoms with van der Waals surface area (Å²) in [6, 6.07) is 7.02. The second-order valence-electron chi connectivity index (χ2n) is 5.36. The van der Waals surface area contributed by atoms with Gasteiger partial charge in [-0.15, -0.1) is 0 Å². The van der Waals surface area contributed by atoms with Gasteiger partial charge in [-0.25, -0.2) is 4.98 Å². The molecule has 0 bridgehead atoms. The zero-order valence-corrected chi connectivity index (χ0v) is 11.0. The van der Waals surface area contributed by atoms with E-state index in [4.69, 9.17) is 10.7 Å². The number of fused-ring (bicyclic) bond motifs is 1. The zero-order chi connectivity index (χ0) is 12.7. The van der Waals surface area contributed by atoms with Gasteiger partial charge in [-0.05, 0) is 32.4 Å². The molecule has 2 aromatic rings. The lowest BCUT2D eigenvalue weighted by Gasteiger charge is -2.28. The van der Waals surface area contributed by atoms with Crippen molar-refractivity contribution in [1.29, 1.82) is 0 Å². The highest BCUT2D eigenvalue weighted by Crippen LogP contribution is 2.32. The van der Waals surface area contributed by atoms with Gasteiger partial charge < -0.3 is 10.1 Å². The molecule has 0 aliphatic carbocycles. The monoisotopic (exact) mass is 244 g/mol. The van der Waals surface area contributed by atoms with Gasteiger partial charge in [-0.3, -0.25) is 4.90 Å². The summed E-state index contributed by atoms with van der Waals surface area (Å²) >= 11 is 0. The van der Waals surface area contributed by atoms with Gasteiger partial charge >= 0.3 is 0 Å². The Hall–Kier alpha value is -1.39. The van der Waals surface area contributed by atoms with Gasteiger partial charge in [0.25, 0.3) is 0 Å². The van der Waals surface area contributed by atoms with Gasteiger partial charge in [0.2, 0.25) is 0 Å². The Labute approximate surface area is 107 Å². The van der Waals surface area contributed by atoms with Gasteiger partial charge in [0.05, 0.1) is 11.7 Å². The van der Waals surface area contributed by atoms with Crippen molar-refractivity contribution in [3.8, 4) is 0 Å². The Morgan fingerprint density at radius 2 is 2.22 bits per heavy atom. The molecule has 0 amide bonds. The molecular formula is C14H20N4. The summed E-state index contributed by atoms with van der Waals surface area (Å²) in [5, 5.41) is 0. The van der Waals surface area contributed by atoms with E-state index >= 15 is 0 Å². The Kier molecular flexibility index (Phi) is 2.84. The first-order valence-electron chi connectivity index (χ1n) is 6.62. The fourth-order valence-electron chi connectivity index (χ4n) is 2.91. The fourth-order valence-corrected chi connectivity index (χ4v) is 2.91. The normalized spacial score (nSPS) is 25.3. The average Bonchev–Trinajstić information content (AvgIpc) is 2.91. The molecule has 0 radical (unpaired) electrons. The summed E-state index contributed by atoms with van der Waals surface area (Å²) in [6.45, 7) is 5.51. The number of hydrogen-bond acceptors (Lipinski definition) is 3. The van der Waals surface area contributed by atoms with Crippen LogP contribution < -0.4 is 5.73 Å². The number of rotatable bonds is 2. The third-order valence-corrected chi connectivity index (χ3v) is 3.83. The first-order valence-corrected chi connectivity index (χ1v) is 6.62. The molecule has 4 heteroatoms. The Morgan fingerprint density at radius 1 is 1.39 bits per heavy atom. The largest absolute Gasteiger partial charge is 0.326 e. The molecule has 2 aromatic heterocycles. The minimum atomic E-state index is 0.192. The quantitative estimate of drug-likeness (QED) is 0.876. The molecule has 96 valence electrons. The number of nitrogens with two attached hydrogens (primary N) is 1. The van der Waals surface area contributed by atoms with E-state index in [1.54, 1.807) is 0 Å². The number of imidazole rings is 1. The van der Waals surface area contributed by atoms with E-state index in [1.807, 2.05) is 24.4 Å². The minimum absolute atomic E-state index is 0.192. The maximum absolute atomic E-state index is 6.27. The number of likely N-dealkylation sites (tertiary alicyclic amines) is 1. The Bertz CT molecular complexity index is 512. The van der Waals surface area contributed by atoms with Crippen LogP contribution in [-0.4, -0.2) is 32.9 Å². The highest BCUT2D eigenvalue weighted by molar-refractivity contribution is 5.40. The van der Waals surface area contributed by atoms with Crippen molar-refractivity contribution in [3.63, 3.8) is 0 Å². The molecule has 1 fully saturated rings. The van der Waals surface area contributed by atoms with E-state index in [0.29, 0.717) is 6.04 Å². The third-order valence-electron chi connectivity index (χ3n) is 3.83. The van der Waals surface area contributed by atoms with E-state index in [2.05, 4.69) is 29.3 Å². The molecule has 3 heterocycles. The van der Waals surface area contributed by atoms with Crippen LogP contribution in [-0.2, 0) is 0 Å². The summed E-state index contributed by atoms with van der Waals surface area (Å²) in [7, 11) is 0. The second kappa shape index (κ2) is 4.37. The van der Waals surface area contributed by atoms with Crippen LogP contribution in [0.1, 0.15) is 32.0 Å². The number of nitrogens with zero attached hydrogens (tertiary/aromatic N) is 3. The third kappa shape index (κ3) is 1.82. The minimum Gasteiger partial charge on any atom is -0.326 e. The summed E-state index contributed by atoms with van der Waals surface area (Å²) < 4.78 is 2.07. The number of hydrogen-bond donors (Lipinski definition) is 1. The van der Waals surface area contributed by atoms with E-state index in [9.17, 15) is 0 Å². The summed E-state index contributed by atoms with van der Waals surface area (Å²) in [5.74, 6) is 0. The summed E-state index contributed by atoms with van der Waals surface area (Å²) in [5.41, 5.74) is 8.36. The van der Waals surface area contributed by atoms with Gasteiger partial charge in [-0.1, -0.05) is 6.07 Å². The van der Waals surface area contributed by atoms with Crippen LogP contribution in [0.2, 0.25) is 0 Å². The van der Waals surface area contributed by atoms with E-state index in [-0.39, 0.29) is 12.1 Å². The summed E-state index contributed by atoms with van der Waals surface area (Å²) in [4.78, 5) is 7.17. The van der Waals surface area contributed by atoms with Gasteiger partial charge in [0, 0.05) is 31.0 Å². The van der Waals surface area contributed by atoms with Crippen LogP contribution in [0.25, 0.3) is 5.65 Å². The molecule has 1 aliphatic rings. The van der Waals surface area contributed by atoms with Crippen LogP contribution in [0, 0.1) is 0 Å². The zero-order valence-electron chi connectivity index (χ0n) is 11.0. The van der Waals surface area contributed by atoms with Crippen LogP contribution in [0.3, 0.4) is 0 Å². The first-order chi connectivity index (χ1) is 8.66.